The molecule has 0 radical (unpaired) electrons. The van der Waals surface area contributed by atoms with Crippen LogP contribution in [0.2, 0.25) is 0 Å². The molecule has 184 valence electrons. The highest BCUT2D eigenvalue weighted by molar-refractivity contribution is 6.02. The third kappa shape index (κ3) is 4.96. The summed E-state index contributed by atoms with van der Waals surface area (Å²) in [6.45, 7) is 2.93. The number of H-pyrrole nitrogens is 1. The molecular weight excluding hydrogens is 452 g/mol. The molecule has 0 unspecified atom stereocenters. The van der Waals surface area contributed by atoms with E-state index in [1.807, 2.05) is 18.3 Å². The number of carbonyl (C=O) groups is 1. The smallest absolute Gasteiger partial charge is 0.255 e. The molecule has 5 rings (SSSR count). The topological polar surface area (TPSA) is 100 Å². The van der Waals surface area contributed by atoms with Gasteiger partial charge in [0.05, 0.1) is 30.4 Å². The zero-order valence-electron chi connectivity index (χ0n) is 19.9. The summed E-state index contributed by atoms with van der Waals surface area (Å²) in [5.74, 6) is -0.000985. The predicted octanol–water partition coefficient (Wildman–Crippen LogP) is 4.83. The van der Waals surface area contributed by atoms with Crippen LogP contribution in [0.25, 0.3) is 27.7 Å². The molecule has 0 aromatic carbocycles. The molecule has 0 bridgehead atoms. The average Bonchev–Trinajstić information content (AvgIpc) is 3.45. The molecule has 1 amide bonds. The number of alkyl halides is 2. The number of halogens is 2. The highest BCUT2D eigenvalue weighted by atomic mass is 19.1. The Balaban J connectivity index is 1.38. The van der Waals surface area contributed by atoms with Gasteiger partial charge in [-0.1, -0.05) is 19.3 Å². The second-order valence-electron chi connectivity index (χ2n) is 9.93. The van der Waals surface area contributed by atoms with Gasteiger partial charge in [0.1, 0.15) is 17.0 Å². The monoisotopic (exact) mass is 481 g/mol. The van der Waals surface area contributed by atoms with E-state index in [4.69, 9.17) is 0 Å². The molecule has 1 saturated carbocycles. The number of pyridine rings is 1. The molecule has 35 heavy (non-hydrogen) atoms. The molecule has 0 spiro atoms. The van der Waals surface area contributed by atoms with Crippen molar-refractivity contribution in [3.63, 3.8) is 0 Å². The summed E-state index contributed by atoms with van der Waals surface area (Å²) in [5.41, 5.74) is 0.585. The minimum absolute atomic E-state index is 0.0947. The Kier molecular flexibility index (Phi) is 5.90. The van der Waals surface area contributed by atoms with Gasteiger partial charge in [0.15, 0.2) is 0 Å². The van der Waals surface area contributed by atoms with Crippen LogP contribution in [0.4, 0.5) is 14.7 Å². The van der Waals surface area contributed by atoms with Crippen molar-refractivity contribution >= 4 is 28.4 Å². The number of amides is 1. The summed E-state index contributed by atoms with van der Waals surface area (Å²) in [7, 11) is 0. The lowest BCUT2D eigenvalue weighted by molar-refractivity contribution is 0.0922. The van der Waals surface area contributed by atoms with Crippen molar-refractivity contribution < 1.29 is 13.6 Å². The quantitative estimate of drug-likeness (QED) is 0.351. The summed E-state index contributed by atoms with van der Waals surface area (Å²) in [6, 6.07) is 3.74. The number of nitrogens with one attached hydrogen (secondary N) is 3. The van der Waals surface area contributed by atoms with Crippen molar-refractivity contribution in [3.05, 3.63) is 42.5 Å². The van der Waals surface area contributed by atoms with Crippen LogP contribution < -0.4 is 10.6 Å². The minimum atomic E-state index is -1.51. The maximum Gasteiger partial charge on any atom is 0.255 e. The molecule has 4 aromatic heterocycles. The van der Waals surface area contributed by atoms with Crippen molar-refractivity contribution in [1.82, 2.24) is 29.9 Å². The van der Waals surface area contributed by atoms with E-state index < -0.39 is 11.3 Å². The molecule has 4 heterocycles. The Morgan fingerprint density at radius 1 is 1.26 bits per heavy atom. The second-order valence-corrected chi connectivity index (χ2v) is 9.93. The van der Waals surface area contributed by atoms with Gasteiger partial charge in [-0.2, -0.15) is 10.1 Å². The summed E-state index contributed by atoms with van der Waals surface area (Å²) in [6.07, 6.45) is 10.8. The van der Waals surface area contributed by atoms with Crippen LogP contribution in [-0.2, 0) is 0 Å². The van der Waals surface area contributed by atoms with E-state index >= 15 is 0 Å². The van der Waals surface area contributed by atoms with Gasteiger partial charge >= 0.3 is 0 Å². The van der Waals surface area contributed by atoms with E-state index in [1.165, 1.54) is 20.0 Å². The van der Waals surface area contributed by atoms with Gasteiger partial charge in [-0.05, 0) is 44.4 Å². The number of aromatic amines is 1. The van der Waals surface area contributed by atoms with Crippen LogP contribution >= 0.6 is 0 Å². The van der Waals surface area contributed by atoms with E-state index in [1.54, 1.807) is 16.9 Å². The first-order chi connectivity index (χ1) is 16.7. The highest BCUT2D eigenvalue weighted by Gasteiger charge is 2.31. The number of hydrogen-bond donors (Lipinski definition) is 3. The largest absolute Gasteiger partial charge is 0.351 e. The molecular formula is C25H29F2N7O. The fraction of sp³-hybridized carbons (Fsp3) is 0.440. The van der Waals surface area contributed by atoms with Crippen LogP contribution in [0.15, 0.2) is 36.9 Å². The SMILES string of the molecule is CC(C)(F)CNC(=O)c1cnn2ccc(-c3c[nH]c4nc(NCC5(F)CCCCC5)ncc34)cc12. The zero-order valence-corrected chi connectivity index (χ0v) is 19.9. The Morgan fingerprint density at radius 2 is 2.06 bits per heavy atom. The normalized spacial score (nSPS) is 16.0. The van der Waals surface area contributed by atoms with Gasteiger partial charge in [-0.3, -0.25) is 4.79 Å². The number of rotatable bonds is 7. The van der Waals surface area contributed by atoms with Crippen LogP contribution in [0.3, 0.4) is 0 Å². The number of nitrogens with zero attached hydrogens (tertiary/aromatic N) is 4. The second kappa shape index (κ2) is 8.90. The molecule has 4 aromatic rings. The first kappa shape index (κ1) is 23.2. The fourth-order valence-electron chi connectivity index (χ4n) is 4.54. The highest BCUT2D eigenvalue weighted by Crippen LogP contribution is 2.32. The number of fused-ring (bicyclic) bond motifs is 2. The first-order valence-electron chi connectivity index (χ1n) is 11.9. The lowest BCUT2D eigenvalue weighted by atomic mass is 9.86. The minimum Gasteiger partial charge on any atom is -0.351 e. The van der Waals surface area contributed by atoms with Crippen molar-refractivity contribution in [2.75, 3.05) is 18.4 Å². The Morgan fingerprint density at radius 3 is 2.83 bits per heavy atom. The Hall–Kier alpha value is -3.56. The van der Waals surface area contributed by atoms with Crippen LogP contribution in [0.5, 0.6) is 0 Å². The maximum absolute atomic E-state index is 14.9. The molecule has 0 aliphatic heterocycles. The van der Waals surface area contributed by atoms with Gasteiger partial charge in [0.2, 0.25) is 5.95 Å². The van der Waals surface area contributed by atoms with Gasteiger partial charge in [-0.25, -0.2) is 18.3 Å². The summed E-state index contributed by atoms with van der Waals surface area (Å²) in [5, 5.41) is 10.7. The lowest BCUT2D eigenvalue weighted by Gasteiger charge is -2.29. The molecule has 0 atom stereocenters. The molecule has 1 fully saturated rings. The van der Waals surface area contributed by atoms with E-state index in [-0.39, 0.29) is 19.0 Å². The van der Waals surface area contributed by atoms with Gasteiger partial charge < -0.3 is 15.6 Å². The summed E-state index contributed by atoms with van der Waals surface area (Å²) in [4.78, 5) is 24.7. The van der Waals surface area contributed by atoms with Gasteiger partial charge in [-0.15, -0.1) is 0 Å². The molecule has 1 aliphatic rings. The number of anilines is 1. The van der Waals surface area contributed by atoms with Gasteiger partial charge in [0.25, 0.3) is 5.91 Å². The number of hydrogen-bond acceptors (Lipinski definition) is 5. The average molecular weight is 482 g/mol. The molecule has 8 nitrogen and oxygen atoms in total. The maximum atomic E-state index is 14.9. The van der Waals surface area contributed by atoms with Crippen molar-refractivity contribution in [2.24, 2.45) is 0 Å². The third-order valence-electron chi connectivity index (χ3n) is 6.49. The zero-order chi connectivity index (χ0) is 24.6. The molecule has 0 saturated heterocycles. The first-order valence-corrected chi connectivity index (χ1v) is 11.9. The predicted molar refractivity (Wildman–Crippen MR) is 131 cm³/mol. The van der Waals surface area contributed by atoms with Crippen molar-refractivity contribution in [2.45, 2.75) is 57.3 Å². The van der Waals surface area contributed by atoms with E-state index in [0.29, 0.717) is 35.5 Å². The summed E-state index contributed by atoms with van der Waals surface area (Å²) >= 11 is 0. The standard InChI is InChI=1S/C25H29F2N7O/c1-24(2,26)14-30-22(35)19-13-32-34-9-6-16(10-20(19)34)17-11-28-21-18(17)12-29-23(33-21)31-15-25(27)7-4-3-5-8-25/h6,9-13H,3-5,7-8,14-15H2,1-2H3,(H,30,35)(H2,28,29,31,33). The van der Waals surface area contributed by atoms with E-state index in [0.717, 1.165) is 35.8 Å². The van der Waals surface area contributed by atoms with Crippen LogP contribution in [0.1, 0.15) is 56.3 Å². The fourth-order valence-corrected chi connectivity index (χ4v) is 4.54. The Bertz CT molecular complexity index is 1370. The third-order valence-corrected chi connectivity index (χ3v) is 6.49. The molecule has 3 N–H and O–H groups in total. The van der Waals surface area contributed by atoms with Crippen molar-refractivity contribution in [3.8, 4) is 11.1 Å². The van der Waals surface area contributed by atoms with Crippen LogP contribution in [-0.4, -0.2) is 54.9 Å². The summed E-state index contributed by atoms with van der Waals surface area (Å²) < 4.78 is 30.3. The van der Waals surface area contributed by atoms with Crippen molar-refractivity contribution in [1.29, 1.82) is 0 Å². The Labute approximate surface area is 201 Å². The lowest BCUT2D eigenvalue weighted by Crippen LogP contribution is -2.35. The van der Waals surface area contributed by atoms with Gasteiger partial charge in [0, 0.05) is 29.5 Å². The van der Waals surface area contributed by atoms with E-state index in [2.05, 4.69) is 30.7 Å². The van der Waals surface area contributed by atoms with Crippen LogP contribution in [0, 0.1) is 0 Å². The van der Waals surface area contributed by atoms with E-state index in [9.17, 15) is 13.6 Å². The molecule has 1 aliphatic carbocycles. The molecule has 10 heteroatoms. The number of aromatic nitrogens is 5. The number of carbonyl (C=O) groups excluding carboxylic acids is 1.